The summed E-state index contributed by atoms with van der Waals surface area (Å²) in [5, 5.41) is 4.44. The summed E-state index contributed by atoms with van der Waals surface area (Å²) in [4.78, 5) is 10.9. The third kappa shape index (κ3) is 3.30. The molecule has 4 N–H and O–H groups in total. The molecule has 3 heterocycles. The van der Waals surface area contributed by atoms with E-state index in [2.05, 4.69) is 25.7 Å². The number of aromatic nitrogens is 4. The van der Waals surface area contributed by atoms with Crippen LogP contribution in [0.1, 0.15) is 18.4 Å². The monoisotopic (exact) mass is 289 g/mol. The highest BCUT2D eigenvalue weighted by Gasteiger charge is 2.17. The van der Waals surface area contributed by atoms with Crippen molar-refractivity contribution in [1.82, 2.24) is 19.7 Å². The number of rotatable bonds is 2. The smallest absolute Gasteiger partial charge is 0.222 e. The van der Waals surface area contributed by atoms with Crippen LogP contribution in [0.15, 0.2) is 12.3 Å². The van der Waals surface area contributed by atoms with Gasteiger partial charge in [-0.2, -0.15) is 10.1 Å². The van der Waals surface area contributed by atoms with Gasteiger partial charge >= 0.3 is 0 Å². The summed E-state index contributed by atoms with van der Waals surface area (Å²) in [6, 6.07) is 1.98. The van der Waals surface area contributed by atoms with E-state index in [9.17, 15) is 0 Å². The van der Waals surface area contributed by atoms with E-state index < -0.39 is 0 Å². The molecule has 2 aromatic rings. The van der Waals surface area contributed by atoms with Crippen molar-refractivity contribution >= 4 is 11.8 Å². The maximum absolute atomic E-state index is 5.84. The third-order valence-electron chi connectivity index (χ3n) is 3.41. The van der Waals surface area contributed by atoms with E-state index in [0.717, 1.165) is 35.9 Å². The Hall–Kier alpha value is -2.15. The van der Waals surface area contributed by atoms with Crippen molar-refractivity contribution in [3.63, 3.8) is 0 Å². The fourth-order valence-electron chi connectivity index (χ4n) is 2.54. The Morgan fingerprint density at radius 1 is 1.14 bits per heavy atom. The molecule has 0 aliphatic carbocycles. The minimum atomic E-state index is 0.310. The number of hydrogen-bond donors (Lipinski definition) is 2. The van der Waals surface area contributed by atoms with Crippen molar-refractivity contribution in [2.45, 2.75) is 19.8 Å². The van der Waals surface area contributed by atoms with Gasteiger partial charge in [0.25, 0.3) is 0 Å². The van der Waals surface area contributed by atoms with E-state index in [-0.39, 0.29) is 0 Å². The fraction of sp³-hybridized carbons (Fsp3) is 0.500. The van der Waals surface area contributed by atoms with Crippen LogP contribution >= 0.6 is 0 Å². The van der Waals surface area contributed by atoms with Crippen LogP contribution in [0, 0.1) is 6.92 Å². The molecule has 7 nitrogen and oxygen atoms in total. The molecule has 2 aromatic heterocycles. The molecule has 0 aromatic carbocycles. The van der Waals surface area contributed by atoms with E-state index in [1.807, 2.05) is 26.2 Å². The van der Waals surface area contributed by atoms with Crippen LogP contribution in [0.25, 0.3) is 11.4 Å². The topological polar surface area (TPSA) is 98.9 Å². The van der Waals surface area contributed by atoms with E-state index in [1.54, 1.807) is 4.68 Å². The number of aryl methyl sites for hydroxylation is 2. The summed E-state index contributed by atoms with van der Waals surface area (Å²) < 4.78 is 1.79. The molecule has 21 heavy (non-hydrogen) atoms. The molecule has 0 saturated carbocycles. The van der Waals surface area contributed by atoms with Gasteiger partial charge in [-0.1, -0.05) is 0 Å². The second-order valence-electron chi connectivity index (χ2n) is 5.00. The predicted octanol–water partition coefficient (Wildman–Crippen LogP) is 0.943. The van der Waals surface area contributed by atoms with Crippen LogP contribution < -0.4 is 16.4 Å². The summed E-state index contributed by atoms with van der Waals surface area (Å²) >= 11 is 0. The lowest BCUT2D eigenvalue weighted by Gasteiger charge is -2.17. The molecule has 7 heteroatoms. The number of nitrogens with zero attached hydrogens (tertiary/aromatic N) is 5. The van der Waals surface area contributed by atoms with Crippen molar-refractivity contribution in [3.8, 4) is 11.4 Å². The molecular weight excluding hydrogens is 266 g/mol. The molecular formula is C14H23N7. The fourth-order valence-corrected chi connectivity index (χ4v) is 2.54. The second kappa shape index (κ2) is 6.53. The van der Waals surface area contributed by atoms with E-state index >= 15 is 0 Å². The average molecular weight is 289 g/mol. The molecule has 114 valence electrons. The van der Waals surface area contributed by atoms with Crippen LogP contribution in [-0.2, 0) is 7.05 Å². The zero-order valence-electron chi connectivity index (χ0n) is 12.9. The zero-order chi connectivity index (χ0) is 15.4. The first-order chi connectivity index (χ1) is 10.1. The standard InChI is InChI=1S/C13H18N6.CH5N/c1-9-8-18(2)17-12(9)10-7-11(16-13(14)15-10)19-5-3-4-6-19;1-2/h7-8H,3-6H2,1-2H3,(H2,14,15,16);2H2,1H3. The van der Waals surface area contributed by atoms with E-state index in [0.29, 0.717) is 5.95 Å². The highest BCUT2D eigenvalue weighted by atomic mass is 15.3. The van der Waals surface area contributed by atoms with Crippen LogP contribution in [0.2, 0.25) is 0 Å². The lowest BCUT2D eigenvalue weighted by molar-refractivity contribution is 0.769. The van der Waals surface area contributed by atoms with Crippen molar-refractivity contribution in [3.05, 3.63) is 17.8 Å². The molecule has 1 aliphatic rings. The van der Waals surface area contributed by atoms with Crippen molar-refractivity contribution in [2.24, 2.45) is 12.8 Å². The predicted molar refractivity (Wildman–Crippen MR) is 84.9 cm³/mol. The largest absolute Gasteiger partial charge is 0.368 e. The molecule has 0 unspecified atom stereocenters. The molecule has 0 amide bonds. The molecule has 0 radical (unpaired) electrons. The van der Waals surface area contributed by atoms with Crippen LogP contribution in [-0.4, -0.2) is 39.9 Å². The first-order valence-corrected chi connectivity index (χ1v) is 7.11. The van der Waals surface area contributed by atoms with Crippen LogP contribution in [0.5, 0.6) is 0 Å². The Morgan fingerprint density at radius 3 is 2.38 bits per heavy atom. The van der Waals surface area contributed by atoms with Crippen molar-refractivity contribution < 1.29 is 0 Å². The lowest BCUT2D eigenvalue weighted by atomic mass is 10.2. The van der Waals surface area contributed by atoms with Gasteiger partial charge in [-0.3, -0.25) is 4.68 Å². The van der Waals surface area contributed by atoms with Gasteiger partial charge in [0.15, 0.2) is 0 Å². The molecule has 1 fully saturated rings. The van der Waals surface area contributed by atoms with E-state index in [1.165, 1.54) is 19.9 Å². The number of hydrogen-bond acceptors (Lipinski definition) is 6. The lowest BCUT2D eigenvalue weighted by Crippen LogP contribution is -2.19. The highest BCUT2D eigenvalue weighted by Crippen LogP contribution is 2.25. The van der Waals surface area contributed by atoms with Crippen LogP contribution in [0.3, 0.4) is 0 Å². The second-order valence-corrected chi connectivity index (χ2v) is 5.00. The first-order valence-electron chi connectivity index (χ1n) is 7.11. The van der Waals surface area contributed by atoms with Gasteiger partial charge in [-0.15, -0.1) is 0 Å². The Morgan fingerprint density at radius 2 is 1.81 bits per heavy atom. The highest BCUT2D eigenvalue weighted by molar-refractivity contribution is 5.63. The Bertz CT molecular complexity index is 599. The number of anilines is 2. The quantitative estimate of drug-likeness (QED) is 0.853. The Kier molecular flexibility index (Phi) is 4.74. The van der Waals surface area contributed by atoms with Crippen molar-refractivity contribution in [2.75, 3.05) is 30.8 Å². The molecule has 0 spiro atoms. The Labute approximate surface area is 125 Å². The number of nitrogen functional groups attached to an aromatic ring is 1. The molecule has 0 bridgehead atoms. The van der Waals surface area contributed by atoms with Gasteiger partial charge in [-0.05, 0) is 32.4 Å². The zero-order valence-corrected chi connectivity index (χ0v) is 12.9. The molecule has 1 saturated heterocycles. The molecule has 0 atom stereocenters. The molecule has 3 rings (SSSR count). The summed E-state index contributed by atoms with van der Waals surface area (Å²) in [6.07, 6.45) is 4.40. The van der Waals surface area contributed by atoms with E-state index in [4.69, 9.17) is 5.73 Å². The minimum Gasteiger partial charge on any atom is -0.368 e. The van der Waals surface area contributed by atoms with Crippen molar-refractivity contribution in [1.29, 1.82) is 0 Å². The molecule has 1 aliphatic heterocycles. The maximum Gasteiger partial charge on any atom is 0.222 e. The number of nitrogens with two attached hydrogens (primary N) is 2. The summed E-state index contributed by atoms with van der Waals surface area (Å²) in [6.45, 7) is 4.10. The van der Waals surface area contributed by atoms with Gasteiger partial charge < -0.3 is 16.4 Å². The van der Waals surface area contributed by atoms with Gasteiger partial charge in [0, 0.05) is 32.4 Å². The Balaban J connectivity index is 0.000000774. The van der Waals surface area contributed by atoms with Gasteiger partial charge in [0.1, 0.15) is 11.5 Å². The first kappa shape index (κ1) is 15.2. The summed E-state index contributed by atoms with van der Waals surface area (Å²) in [5.41, 5.74) is 13.1. The normalized spacial score (nSPS) is 14.0. The summed E-state index contributed by atoms with van der Waals surface area (Å²) in [7, 11) is 3.41. The van der Waals surface area contributed by atoms with Gasteiger partial charge in [0.2, 0.25) is 5.95 Å². The average Bonchev–Trinajstić information content (AvgIpc) is 3.10. The summed E-state index contributed by atoms with van der Waals surface area (Å²) in [5.74, 6) is 1.22. The van der Waals surface area contributed by atoms with Gasteiger partial charge in [0.05, 0.1) is 5.69 Å². The minimum absolute atomic E-state index is 0.310. The maximum atomic E-state index is 5.84. The van der Waals surface area contributed by atoms with Crippen LogP contribution in [0.4, 0.5) is 11.8 Å². The third-order valence-corrected chi connectivity index (χ3v) is 3.41. The SMILES string of the molecule is CN.Cc1cn(C)nc1-c1cc(N2CCCC2)nc(N)n1. The van der Waals surface area contributed by atoms with Gasteiger partial charge in [-0.25, -0.2) is 4.98 Å².